The molecule has 7 heteroatoms. The minimum Gasteiger partial charge on any atom is -0.489 e. The zero-order chi connectivity index (χ0) is 14.5. The topological polar surface area (TPSA) is 71.7 Å². The van der Waals surface area contributed by atoms with Gasteiger partial charge < -0.3 is 19.4 Å². The van der Waals surface area contributed by atoms with Gasteiger partial charge in [-0.15, -0.1) is 0 Å². The van der Waals surface area contributed by atoms with Crippen LogP contribution in [-0.2, 0) is 6.54 Å². The van der Waals surface area contributed by atoms with Gasteiger partial charge in [0.2, 0.25) is 0 Å². The first-order chi connectivity index (χ1) is 9.58. The fraction of sp³-hybridized carbons (Fsp3) is 0.154. The summed E-state index contributed by atoms with van der Waals surface area (Å²) >= 11 is 0. The summed E-state index contributed by atoms with van der Waals surface area (Å²) in [5.41, 5.74) is -0.0330. The first-order valence-electron chi connectivity index (χ1n) is 6.02. The van der Waals surface area contributed by atoms with E-state index in [1.807, 2.05) is 0 Å². The maximum atomic E-state index is 13.5. The number of rotatable bonds is 5. The average molecular weight is 277 g/mol. The number of halogens is 1. The van der Waals surface area contributed by atoms with E-state index < -0.39 is 12.9 Å². The third-order valence-corrected chi connectivity index (χ3v) is 2.74. The normalized spacial score (nSPS) is 10.3. The Bertz CT molecular complexity index is 644. The van der Waals surface area contributed by atoms with Crippen molar-refractivity contribution in [3.8, 4) is 5.75 Å². The lowest BCUT2D eigenvalue weighted by atomic mass is 9.80. The van der Waals surface area contributed by atoms with Crippen LogP contribution in [0.3, 0.4) is 0 Å². The molecule has 2 rings (SSSR count). The van der Waals surface area contributed by atoms with Gasteiger partial charge in [0.25, 0.3) is 5.56 Å². The Kier molecular flexibility index (Phi) is 4.55. The van der Waals surface area contributed by atoms with Crippen LogP contribution in [0.5, 0.6) is 5.75 Å². The van der Waals surface area contributed by atoms with E-state index in [-0.39, 0.29) is 29.9 Å². The van der Waals surface area contributed by atoms with Crippen molar-refractivity contribution < 1.29 is 19.2 Å². The van der Waals surface area contributed by atoms with E-state index >= 15 is 0 Å². The van der Waals surface area contributed by atoms with E-state index in [1.165, 1.54) is 22.8 Å². The predicted octanol–water partition coefficient (Wildman–Crippen LogP) is -0.254. The molecule has 0 saturated heterocycles. The third-order valence-electron chi connectivity index (χ3n) is 2.74. The zero-order valence-electron chi connectivity index (χ0n) is 10.6. The molecule has 0 aliphatic rings. The second-order valence-corrected chi connectivity index (χ2v) is 4.14. The molecular weight excluding hydrogens is 264 g/mol. The highest BCUT2D eigenvalue weighted by molar-refractivity contribution is 6.58. The van der Waals surface area contributed by atoms with E-state index in [9.17, 15) is 9.18 Å². The first kappa shape index (κ1) is 14.3. The zero-order valence-corrected chi connectivity index (χ0v) is 10.6. The SMILES string of the molecule is O=c1ccccn1CCOc1cc(B(O)O)ccc1F. The van der Waals surface area contributed by atoms with Crippen LogP contribution in [0.1, 0.15) is 0 Å². The van der Waals surface area contributed by atoms with Crippen LogP contribution in [0.25, 0.3) is 0 Å². The van der Waals surface area contributed by atoms with Crippen molar-refractivity contribution >= 4 is 12.6 Å². The number of hydrogen-bond acceptors (Lipinski definition) is 4. The molecule has 0 spiro atoms. The van der Waals surface area contributed by atoms with Gasteiger partial charge in [0.05, 0.1) is 6.54 Å². The highest BCUT2D eigenvalue weighted by Gasteiger charge is 2.14. The van der Waals surface area contributed by atoms with E-state index in [0.717, 1.165) is 6.07 Å². The van der Waals surface area contributed by atoms with Crippen LogP contribution < -0.4 is 15.8 Å². The molecule has 5 nitrogen and oxygen atoms in total. The molecule has 0 atom stereocenters. The Labute approximate surface area is 115 Å². The fourth-order valence-corrected chi connectivity index (χ4v) is 1.69. The molecule has 104 valence electrons. The van der Waals surface area contributed by atoms with Crippen LogP contribution in [0.15, 0.2) is 47.4 Å². The van der Waals surface area contributed by atoms with Gasteiger partial charge in [0, 0.05) is 12.3 Å². The molecule has 2 N–H and O–H groups in total. The molecule has 2 aromatic rings. The second kappa shape index (κ2) is 6.36. The van der Waals surface area contributed by atoms with Crippen LogP contribution >= 0.6 is 0 Å². The summed E-state index contributed by atoms with van der Waals surface area (Å²) in [4.78, 5) is 11.4. The number of ether oxygens (including phenoxy) is 1. The largest absolute Gasteiger partial charge is 0.489 e. The van der Waals surface area contributed by atoms with Gasteiger partial charge in [0.15, 0.2) is 11.6 Å². The van der Waals surface area contributed by atoms with Gasteiger partial charge >= 0.3 is 7.12 Å². The van der Waals surface area contributed by atoms with E-state index in [0.29, 0.717) is 0 Å². The van der Waals surface area contributed by atoms with E-state index in [1.54, 1.807) is 18.3 Å². The highest BCUT2D eigenvalue weighted by Crippen LogP contribution is 2.14. The number of pyridine rings is 1. The molecular formula is C13H13BFNO4. The Balaban J connectivity index is 2.02. The molecule has 0 unspecified atom stereocenters. The standard InChI is InChI=1S/C13H13BFNO4/c15-11-5-4-10(14(18)19)9-12(11)20-8-7-16-6-2-1-3-13(16)17/h1-6,9,18-19H,7-8H2. The van der Waals surface area contributed by atoms with Gasteiger partial charge in [-0.25, -0.2) is 4.39 Å². The molecule has 20 heavy (non-hydrogen) atoms. The fourth-order valence-electron chi connectivity index (χ4n) is 1.69. The molecule has 0 amide bonds. The molecule has 1 heterocycles. The Morgan fingerprint density at radius 3 is 2.75 bits per heavy atom. The number of hydrogen-bond donors (Lipinski definition) is 2. The van der Waals surface area contributed by atoms with Crippen LogP contribution in [-0.4, -0.2) is 28.3 Å². The lowest BCUT2D eigenvalue weighted by molar-refractivity contribution is 0.283. The summed E-state index contributed by atoms with van der Waals surface area (Å²) in [5.74, 6) is -0.686. The van der Waals surface area contributed by atoms with Crippen molar-refractivity contribution in [3.63, 3.8) is 0 Å². The predicted molar refractivity (Wildman–Crippen MR) is 72.4 cm³/mol. The lowest BCUT2D eigenvalue weighted by Gasteiger charge is -2.10. The Morgan fingerprint density at radius 1 is 1.25 bits per heavy atom. The van der Waals surface area contributed by atoms with Gasteiger partial charge in [-0.1, -0.05) is 12.1 Å². The third kappa shape index (κ3) is 3.46. The van der Waals surface area contributed by atoms with Crippen molar-refractivity contribution in [2.75, 3.05) is 6.61 Å². The van der Waals surface area contributed by atoms with Crippen molar-refractivity contribution in [2.24, 2.45) is 0 Å². The quantitative estimate of drug-likeness (QED) is 0.739. The number of nitrogens with zero attached hydrogens (tertiary/aromatic N) is 1. The Hall–Kier alpha value is -2.12. The van der Waals surface area contributed by atoms with E-state index in [4.69, 9.17) is 14.8 Å². The summed E-state index contributed by atoms with van der Waals surface area (Å²) in [6.45, 7) is 0.358. The summed E-state index contributed by atoms with van der Waals surface area (Å²) in [6.07, 6.45) is 1.61. The molecule has 0 saturated carbocycles. The van der Waals surface area contributed by atoms with Gasteiger partial charge in [0.1, 0.15) is 6.61 Å². The number of benzene rings is 1. The van der Waals surface area contributed by atoms with Crippen LogP contribution in [0.2, 0.25) is 0 Å². The monoisotopic (exact) mass is 277 g/mol. The van der Waals surface area contributed by atoms with Crippen molar-refractivity contribution in [1.82, 2.24) is 4.57 Å². The van der Waals surface area contributed by atoms with E-state index in [2.05, 4.69) is 0 Å². The minimum atomic E-state index is -1.69. The molecule has 1 aromatic carbocycles. The number of aromatic nitrogens is 1. The summed E-state index contributed by atoms with van der Waals surface area (Å²) in [7, 11) is -1.69. The van der Waals surface area contributed by atoms with Crippen molar-refractivity contribution in [1.29, 1.82) is 0 Å². The molecule has 0 aliphatic carbocycles. The van der Waals surface area contributed by atoms with Crippen LogP contribution in [0, 0.1) is 5.82 Å². The molecule has 0 bridgehead atoms. The highest BCUT2D eigenvalue weighted by atomic mass is 19.1. The first-order valence-corrected chi connectivity index (χ1v) is 6.02. The summed E-state index contributed by atoms with van der Waals surface area (Å²) < 4.78 is 20.1. The Morgan fingerprint density at radius 2 is 2.05 bits per heavy atom. The van der Waals surface area contributed by atoms with Gasteiger partial charge in [-0.3, -0.25) is 4.79 Å². The lowest BCUT2D eigenvalue weighted by Crippen LogP contribution is -2.30. The minimum absolute atomic E-state index is 0.0837. The van der Waals surface area contributed by atoms with Crippen molar-refractivity contribution in [2.45, 2.75) is 6.54 Å². The van der Waals surface area contributed by atoms with Crippen LogP contribution in [0.4, 0.5) is 4.39 Å². The second-order valence-electron chi connectivity index (χ2n) is 4.14. The smallest absolute Gasteiger partial charge is 0.488 e. The maximum absolute atomic E-state index is 13.5. The van der Waals surface area contributed by atoms with Gasteiger partial charge in [-0.05, 0) is 23.7 Å². The average Bonchev–Trinajstić information content (AvgIpc) is 2.42. The molecule has 0 radical (unpaired) electrons. The molecule has 1 aromatic heterocycles. The molecule has 0 aliphatic heterocycles. The molecule has 0 fully saturated rings. The summed E-state index contributed by atoms with van der Waals surface area (Å²) in [6, 6.07) is 8.33. The van der Waals surface area contributed by atoms with Crippen molar-refractivity contribution in [3.05, 3.63) is 58.8 Å². The van der Waals surface area contributed by atoms with Gasteiger partial charge in [-0.2, -0.15) is 0 Å². The maximum Gasteiger partial charge on any atom is 0.488 e. The summed E-state index contributed by atoms with van der Waals surface area (Å²) in [5, 5.41) is 18.0.